The quantitative estimate of drug-likeness (QED) is 0.461. The molecule has 4 rings (SSSR count). The van der Waals surface area contributed by atoms with Gasteiger partial charge in [-0.3, -0.25) is 14.6 Å². The van der Waals surface area contributed by atoms with E-state index < -0.39 is 12.1 Å². The van der Waals surface area contributed by atoms with Crippen molar-refractivity contribution in [2.75, 3.05) is 6.61 Å². The number of hydrazine groups is 1. The van der Waals surface area contributed by atoms with Crippen LogP contribution in [0.5, 0.6) is 0 Å². The number of nitrogens with zero attached hydrogens (tertiary/aromatic N) is 1. The van der Waals surface area contributed by atoms with Gasteiger partial charge in [0, 0.05) is 30.0 Å². The summed E-state index contributed by atoms with van der Waals surface area (Å²) >= 11 is 0. The molecule has 31 heavy (non-hydrogen) atoms. The molecule has 8 nitrogen and oxygen atoms in total. The predicted molar refractivity (Wildman–Crippen MR) is 116 cm³/mol. The number of amides is 2. The zero-order valence-corrected chi connectivity index (χ0v) is 17.4. The Morgan fingerprint density at radius 1 is 1.13 bits per heavy atom. The third-order valence-corrected chi connectivity index (χ3v) is 6.07. The number of pyridine rings is 1. The average Bonchev–Trinajstić information content (AvgIpc) is 3.50. The molecule has 0 radical (unpaired) electrons. The van der Waals surface area contributed by atoms with Gasteiger partial charge in [0.2, 0.25) is 5.91 Å². The van der Waals surface area contributed by atoms with Crippen LogP contribution < -0.4 is 21.5 Å². The van der Waals surface area contributed by atoms with Crippen molar-refractivity contribution >= 4 is 11.8 Å². The van der Waals surface area contributed by atoms with E-state index in [-0.39, 0.29) is 30.5 Å². The molecule has 2 unspecified atom stereocenters. The van der Waals surface area contributed by atoms with Gasteiger partial charge in [-0.15, -0.1) is 0 Å². The van der Waals surface area contributed by atoms with Gasteiger partial charge < -0.3 is 15.7 Å². The van der Waals surface area contributed by atoms with Crippen molar-refractivity contribution in [1.82, 2.24) is 26.5 Å². The Labute approximate surface area is 181 Å². The van der Waals surface area contributed by atoms with Gasteiger partial charge in [-0.1, -0.05) is 25.0 Å². The van der Waals surface area contributed by atoms with Crippen LogP contribution in [-0.4, -0.2) is 40.6 Å². The summed E-state index contributed by atoms with van der Waals surface area (Å²) in [6, 6.07) is 10.1. The number of aliphatic hydroxyl groups excluding tert-OH is 1. The molecule has 2 aliphatic rings. The molecule has 3 atom stereocenters. The number of hydrogen-bond donors (Lipinski definition) is 5. The van der Waals surface area contributed by atoms with E-state index in [0.29, 0.717) is 17.5 Å². The molecule has 164 valence electrons. The fourth-order valence-corrected chi connectivity index (χ4v) is 4.28. The van der Waals surface area contributed by atoms with Crippen molar-refractivity contribution in [3.63, 3.8) is 0 Å². The third-order valence-electron chi connectivity index (χ3n) is 6.07. The van der Waals surface area contributed by atoms with Crippen molar-refractivity contribution in [3.8, 4) is 0 Å². The molecule has 1 aromatic heterocycles. The lowest BCUT2D eigenvalue weighted by Crippen LogP contribution is -2.45. The zero-order valence-electron chi connectivity index (χ0n) is 17.4. The number of aromatic nitrogens is 1. The molecular weight excluding hydrogens is 394 g/mol. The molecule has 1 aliphatic heterocycles. The van der Waals surface area contributed by atoms with Gasteiger partial charge in [-0.2, -0.15) is 0 Å². The lowest BCUT2D eigenvalue weighted by molar-refractivity contribution is -0.124. The number of nitrogens with one attached hydrogen (secondary N) is 4. The Morgan fingerprint density at radius 2 is 1.90 bits per heavy atom. The largest absolute Gasteiger partial charge is 0.394 e. The Bertz CT molecular complexity index is 901. The summed E-state index contributed by atoms with van der Waals surface area (Å²) in [5.74, 6) is -0.317. The molecule has 1 saturated carbocycles. The lowest BCUT2D eigenvalue weighted by Gasteiger charge is -2.20. The van der Waals surface area contributed by atoms with E-state index in [1.165, 1.54) is 0 Å². The summed E-state index contributed by atoms with van der Waals surface area (Å²) in [6.07, 6.45) is 8.36. The maximum Gasteiger partial charge on any atom is 0.251 e. The number of carbonyl (C=O) groups excluding carboxylic acids is 2. The van der Waals surface area contributed by atoms with Gasteiger partial charge >= 0.3 is 0 Å². The highest BCUT2D eigenvalue weighted by molar-refractivity contribution is 5.94. The van der Waals surface area contributed by atoms with Crippen LogP contribution in [0.2, 0.25) is 0 Å². The molecular formula is C23H29N5O3. The second kappa shape index (κ2) is 10.00. The van der Waals surface area contributed by atoms with E-state index in [4.69, 9.17) is 0 Å². The number of hydrogen-bond acceptors (Lipinski definition) is 6. The van der Waals surface area contributed by atoms with Gasteiger partial charge in [-0.25, -0.2) is 10.9 Å². The van der Waals surface area contributed by atoms with E-state index in [0.717, 1.165) is 31.2 Å². The summed E-state index contributed by atoms with van der Waals surface area (Å²) in [6.45, 7) is -0.257. The summed E-state index contributed by atoms with van der Waals surface area (Å²) in [7, 11) is 0. The Balaban J connectivity index is 1.37. The molecule has 1 aromatic carbocycles. The lowest BCUT2D eigenvalue weighted by atomic mass is 10.0. The van der Waals surface area contributed by atoms with Crippen LogP contribution in [0.4, 0.5) is 0 Å². The monoisotopic (exact) mass is 423 g/mol. The van der Waals surface area contributed by atoms with Crippen molar-refractivity contribution in [1.29, 1.82) is 0 Å². The van der Waals surface area contributed by atoms with Crippen LogP contribution in [0.1, 0.15) is 65.7 Å². The van der Waals surface area contributed by atoms with Gasteiger partial charge in [-0.05, 0) is 54.7 Å². The van der Waals surface area contributed by atoms with Crippen LogP contribution >= 0.6 is 0 Å². The van der Waals surface area contributed by atoms with Crippen LogP contribution in [0.15, 0.2) is 48.8 Å². The Morgan fingerprint density at radius 3 is 2.65 bits per heavy atom. The molecule has 2 heterocycles. The number of carbonyl (C=O) groups is 2. The van der Waals surface area contributed by atoms with E-state index >= 15 is 0 Å². The SMILES string of the molecule is O=C(NC1CCCC1)c1cccc([C@@H](CO)NC(=O)C2CC(c3ccncc3)NN2)c1. The van der Waals surface area contributed by atoms with Gasteiger partial charge in [0.05, 0.1) is 12.6 Å². The fourth-order valence-electron chi connectivity index (χ4n) is 4.28. The van der Waals surface area contributed by atoms with Crippen LogP contribution in [-0.2, 0) is 4.79 Å². The fraction of sp³-hybridized carbons (Fsp3) is 0.435. The number of benzene rings is 1. The predicted octanol–water partition coefficient (Wildman–Crippen LogP) is 1.51. The highest BCUT2D eigenvalue weighted by atomic mass is 16.3. The van der Waals surface area contributed by atoms with Gasteiger partial charge in [0.25, 0.3) is 5.91 Å². The first-order chi connectivity index (χ1) is 15.1. The molecule has 0 bridgehead atoms. The van der Waals surface area contributed by atoms with Crippen molar-refractivity contribution in [3.05, 3.63) is 65.5 Å². The number of aliphatic hydroxyl groups is 1. The Kier molecular flexibility index (Phi) is 6.91. The molecule has 2 amide bonds. The first kappa shape index (κ1) is 21.4. The van der Waals surface area contributed by atoms with Crippen LogP contribution in [0, 0.1) is 0 Å². The minimum absolute atomic E-state index is 0.00828. The van der Waals surface area contributed by atoms with Crippen molar-refractivity contribution in [2.24, 2.45) is 0 Å². The molecule has 5 N–H and O–H groups in total. The smallest absolute Gasteiger partial charge is 0.251 e. The molecule has 2 fully saturated rings. The molecule has 1 aliphatic carbocycles. The number of rotatable bonds is 7. The highest BCUT2D eigenvalue weighted by Gasteiger charge is 2.31. The standard InChI is InChI=1S/C23H29N5O3/c29-14-21(16-4-3-5-17(12-16)22(30)25-18-6-1-2-7-18)26-23(31)20-13-19(27-28-20)15-8-10-24-11-9-15/h3-5,8-12,18-21,27-29H,1-2,6-7,13-14H2,(H,25,30)(H,26,31)/t19?,20?,21-/m1/s1. The van der Waals surface area contributed by atoms with E-state index in [9.17, 15) is 14.7 Å². The summed E-state index contributed by atoms with van der Waals surface area (Å²) in [5, 5.41) is 15.9. The minimum Gasteiger partial charge on any atom is -0.394 e. The molecule has 1 saturated heterocycles. The summed E-state index contributed by atoms with van der Waals surface area (Å²) in [4.78, 5) is 29.4. The summed E-state index contributed by atoms with van der Waals surface area (Å²) in [5.41, 5.74) is 8.46. The molecule has 0 spiro atoms. The van der Waals surface area contributed by atoms with Crippen molar-refractivity contribution in [2.45, 2.75) is 56.3 Å². The van der Waals surface area contributed by atoms with E-state index in [2.05, 4.69) is 26.5 Å². The average molecular weight is 424 g/mol. The second-order valence-corrected chi connectivity index (χ2v) is 8.23. The van der Waals surface area contributed by atoms with Crippen LogP contribution in [0.3, 0.4) is 0 Å². The highest BCUT2D eigenvalue weighted by Crippen LogP contribution is 2.23. The summed E-state index contributed by atoms with van der Waals surface area (Å²) < 4.78 is 0. The topological polar surface area (TPSA) is 115 Å². The normalized spacial score (nSPS) is 22.2. The van der Waals surface area contributed by atoms with Gasteiger partial charge in [0.15, 0.2) is 0 Å². The van der Waals surface area contributed by atoms with Crippen molar-refractivity contribution < 1.29 is 14.7 Å². The Hall–Kier alpha value is -2.81. The van der Waals surface area contributed by atoms with E-state index in [1.54, 1.807) is 30.6 Å². The molecule has 2 aromatic rings. The van der Waals surface area contributed by atoms with Crippen LogP contribution in [0.25, 0.3) is 0 Å². The van der Waals surface area contributed by atoms with Gasteiger partial charge in [0.1, 0.15) is 6.04 Å². The minimum atomic E-state index is -0.589. The maximum absolute atomic E-state index is 12.8. The first-order valence-electron chi connectivity index (χ1n) is 10.9. The maximum atomic E-state index is 12.8. The first-order valence-corrected chi connectivity index (χ1v) is 10.9. The molecule has 8 heteroatoms. The second-order valence-electron chi connectivity index (χ2n) is 8.23. The third kappa shape index (κ3) is 5.28. The van der Waals surface area contributed by atoms with E-state index in [1.807, 2.05) is 18.2 Å². The zero-order chi connectivity index (χ0) is 21.6.